The molecule has 0 bridgehead atoms. The van der Waals surface area contributed by atoms with Gasteiger partial charge in [-0.15, -0.1) is 0 Å². The molecular formula is C19H28N2O4S. The number of thioether (sulfide) groups is 1. The molecular weight excluding hydrogens is 352 g/mol. The predicted molar refractivity (Wildman–Crippen MR) is 104 cm³/mol. The Bertz CT molecular complexity index is 568. The average molecular weight is 381 g/mol. The van der Waals surface area contributed by atoms with Gasteiger partial charge in [-0.2, -0.15) is 11.8 Å². The number of benzene rings is 1. The monoisotopic (exact) mass is 380 g/mol. The van der Waals surface area contributed by atoms with Crippen molar-refractivity contribution in [1.29, 1.82) is 0 Å². The number of carbonyl (C=O) groups excluding carboxylic acids is 3. The minimum absolute atomic E-state index is 0.0906. The molecule has 0 aromatic heterocycles. The van der Waals surface area contributed by atoms with Crippen LogP contribution < -0.4 is 10.6 Å². The minimum atomic E-state index is -0.750. The van der Waals surface area contributed by atoms with E-state index >= 15 is 0 Å². The normalized spacial score (nSPS) is 14.0. The second kappa shape index (κ2) is 12.4. The molecule has 0 aliphatic heterocycles. The van der Waals surface area contributed by atoms with Crippen LogP contribution in [0.5, 0.6) is 0 Å². The number of amides is 2. The molecule has 144 valence electrons. The third kappa shape index (κ3) is 7.91. The number of ether oxygens (including phenoxy) is 1. The molecule has 1 rings (SSSR count). The van der Waals surface area contributed by atoms with E-state index in [0.717, 1.165) is 17.6 Å². The molecule has 0 radical (unpaired) electrons. The van der Waals surface area contributed by atoms with Gasteiger partial charge in [0, 0.05) is 0 Å². The summed E-state index contributed by atoms with van der Waals surface area (Å²) in [5.41, 5.74) is 0.866. The number of alkyl carbamates (subject to hydrolysis) is 1. The summed E-state index contributed by atoms with van der Waals surface area (Å²) in [6.07, 6.45) is 3.28. The highest BCUT2D eigenvalue weighted by atomic mass is 32.2. The Kier molecular flexibility index (Phi) is 10.5. The van der Waals surface area contributed by atoms with Crippen molar-refractivity contribution >= 4 is 30.0 Å². The zero-order chi connectivity index (χ0) is 19.4. The number of carbonyl (C=O) groups is 3. The fraction of sp³-hybridized carbons (Fsp3) is 0.526. The van der Waals surface area contributed by atoms with Crippen molar-refractivity contribution in [3.05, 3.63) is 35.9 Å². The molecule has 0 aliphatic carbocycles. The summed E-state index contributed by atoms with van der Waals surface area (Å²) < 4.78 is 5.20. The Labute approximate surface area is 159 Å². The lowest BCUT2D eigenvalue weighted by atomic mass is 9.98. The molecule has 1 aromatic rings. The van der Waals surface area contributed by atoms with E-state index in [2.05, 4.69) is 10.6 Å². The number of nitrogens with one attached hydrogen (secondary N) is 2. The van der Waals surface area contributed by atoms with E-state index in [0.29, 0.717) is 12.8 Å². The van der Waals surface area contributed by atoms with Crippen LogP contribution in [0.15, 0.2) is 30.3 Å². The summed E-state index contributed by atoms with van der Waals surface area (Å²) in [6, 6.07) is 8.01. The predicted octanol–water partition coefficient (Wildman–Crippen LogP) is 2.76. The number of hydrogen-bond acceptors (Lipinski definition) is 5. The average Bonchev–Trinajstić information content (AvgIpc) is 2.67. The second-order valence-electron chi connectivity index (χ2n) is 6.10. The summed E-state index contributed by atoms with van der Waals surface area (Å²) in [7, 11) is 0. The van der Waals surface area contributed by atoms with E-state index in [1.807, 2.05) is 50.4 Å². The quantitative estimate of drug-likeness (QED) is 0.577. The fourth-order valence-electron chi connectivity index (χ4n) is 2.29. The highest BCUT2D eigenvalue weighted by Crippen LogP contribution is 2.10. The van der Waals surface area contributed by atoms with Gasteiger partial charge in [0.05, 0.1) is 6.04 Å². The van der Waals surface area contributed by atoms with E-state index in [4.69, 9.17) is 4.74 Å². The number of aldehydes is 1. The smallest absolute Gasteiger partial charge is 0.408 e. The second-order valence-corrected chi connectivity index (χ2v) is 7.09. The first kappa shape index (κ1) is 22.0. The van der Waals surface area contributed by atoms with Crippen LogP contribution in [0.4, 0.5) is 4.79 Å². The SMILES string of the molecule is CCC(C)C(NC(=O)OCc1ccccc1)C(=O)NC(C=O)CCSC. The fourth-order valence-corrected chi connectivity index (χ4v) is 2.77. The Morgan fingerprint density at radius 1 is 1.23 bits per heavy atom. The van der Waals surface area contributed by atoms with E-state index in [1.54, 1.807) is 11.8 Å². The lowest BCUT2D eigenvalue weighted by Crippen LogP contribution is -2.53. The van der Waals surface area contributed by atoms with Crippen molar-refractivity contribution in [2.24, 2.45) is 5.92 Å². The van der Waals surface area contributed by atoms with Gasteiger partial charge in [-0.3, -0.25) is 4.79 Å². The molecule has 26 heavy (non-hydrogen) atoms. The van der Waals surface area contributed by atoms with Crippen LogP contribution in [-0.2, 0) is 20.9 Å². The third-order valence-electron chi connectivity index (χ3n) is 4.11. The van der Waals surface area contributed by atoms with Gasteiger partial charge in [-0.05, 0) is 29.9 Å². The lowest BCUT2D eigenvalue weighted by Gasteiger charge is -2.24. The van der Waals surface area contributed by atoms with Gasteiger partial charge in [0.15, 0.2) is 0 Å². The van der Waals surface area contributed by atoms with Crippen molar-refractivity contribution in [3.8, 4) is 0 Å². The summed E-state index contributed by atoms with van der Waals surface area (Å²) in [5, 5.41) is 5.33. The number of hydrogen-bond donors (Lipinski definition) is 2. The molecule has 0 aliphatic rings. The van der Waals surface area contributed by atoms with Crippen molar-refractivity contribution in [1.82, 2.24) is 10.6 Å². The molecule has 0 saturated carbocycles. The molecule has 0 saturated heterocycles. The van der Waals surface area contributed by atoms with Crippen molar-refractivity contribution in [2.75, 3.05) is 12.0 Å². The zero-order valence-corrected chi connectivity index (χ0v) is 16.4. The first-order valence-electron chi connectivity index (χ1n) is 8.73. The molecule has 2 amide bonds. The van der Waals surface area contributed by atoms with Crippen LogP contribution in [0, 0.1) is 5.92 Å². The van der Waals surface area contributed by atoms with Crippen LogP contribution in [0.25, 0.3) is 0 Å². The molecule has 3 atom stereocenters. The standard InChI is InChI=1S/C19H28N2O4S/c1-4-14(2)17(18(23)20-16(12-22)10-11-26-3)21-19(24)25-13-15-8-6-5-7-9-15/h5-9,12,14,16-17H,4,10-11,13H2,1-3H3,(H,20,23)(H,21,24). The van der Waals surface area contributed by atoms with E-state index in [1.165, 1.54) is 0 Å². The largest absolute Gasteiger partial charge is 0.445 e. The Balaban J connectivity index is 2.62. The van der Waals surface area contributed by atoms with Gasteiger partial charge in [-0.25, -0.2) is 4.79 Å². The molecule has 3 unspecified atom stereocenters. The van der Waals surface area contributed by atoms with Gasteiger partial charge < -0.3 is 20.2 Å². The van der Waals surface area contributed by atoms with Crippen molar-refractivity contribution in [3.63, 3.8) is 0 Å². The highest BCUT2D eigenvalue weighted by Gasteiger charge is 2.28. The van der Waals surface area contributed by atoms with Crippen molar-refractivity contribution in [2.45, 2.75) is 45.4 Å². The molecule has 1 aromatic carbocycles. The Morgan fingerprint density at radius 2 is 1.92 bits per heavy atom. The van der Waals surface area contributed by atoms with Gasteiger partial charge >= 0.3 is 6.09 Å². The maximum absolute atomic E-state index is 12.5. The van der Waals surface area contributed by atoms with Gasteiger partial charge in [0.25, 0.3) is 0 Å². The van der Waals surface area contributed by atoms with Crippen molar-refractivity contribution < 1.29 is 19.1 Å². The zero-order valence-electron chi connectivity index (χ0n) is 15.6. The first-order chi connectivity index (χ1) is 12.5. The lowest BCUT2D eigenvalue weighted by molar-refractivity contribution is -0.126. The van der Waals surface area contributed by atoms with E-state index < -0.39 is 18.2 Å². The summed E-state index contributed by atoms with van der Waals surface area (Å²) in [4.78, 5) is 35.8. The number of rotatable bonds is 11. The highest BCUT2D eigenvalue weighted by molar-refractivity contribution is 7.98. The summed E-state index contributed by atoms with van der Waals surface area (Å²) in [6.45, 7) is 3.94. The molecule has 0 spiro atoms. The Morgan fingerprint density at radius 3 is 2.50 bits per heavy atom. The van der Waals surface area contributed by atoms with Gasteiger partial charge in [0.1, 0.15) is 18.9 Å². The maximum Gasteiger partial charge on any atom is 0.408 e. The molecule has 7 heteroatoms. The van der Waals surface area contributed by atoms with Gasteiger partial charge in [0.2, 0.25) is 5.91 Å². The van der Waals surface area contributed by atoms with E-state index in [9.17, 15) is 14.4 Å². The minimum Gasteiger partial charge on any atom is -0.445 e. The summed E-state index contributed by atoms with van der Waals surface area (Å²) in [5.74, 6) is 0.311. The topological polar surface area (TPSA) is 84.5 Å². The maximum atomic E-state index is 12.5. The summed E-state index contributed by atoms with van der Waals surface area (Å²) >= 11 is 1.61. The molecule has 2 N–H and O–H groups in total. The van der Waals surface area contributed by atoms with Crippen LogP contribution in [0.2, 0.25) is 0 Å². The third-order valence-corrected chi connectivity index (χ3v) is 4.75. The van der Waals surface area contributed by atoms with Crippen LogP contribution in [-0.4, -0.2) is 42.4 Å². The molecule has 6 nitrogen and oxygen atoms in total. The molecule has 0 fully saturated rings. The Hall–Kier alpha value is -2.02. The van der Waals surface area contributed by atoms with Crippen LogP contribution >= 0.6 is 11.8 Å². The van der Waals surface area contributed by atoms with Crippen LogP contribution in [0.1, 0.15) is 32.3 Å². The first-order valence-corrected chi connectivity index (χ1v) is 10.1. The molecule has 0 heterocycles. The van der Waals surface area contributed by atoms with Crippen LogP contribution in [0.3, 0.4) is 0 Å². The van der Waals surface area contributed by atoms with E-state index in [-0.39, 0.29) is 18.4 Å². The van der Waals surface area contributed by atoms with Gasteiger partial charge in [-0.1, -0.05) is 50.6 Å².